The van der Waals surface area contributed by atoms with Crippen molar-refractivity contribution in [2.45, 2.75) is 6.54 Å². The van der Waals surface area contributed by atoms with Gasteiger partial charge in [-0.1, -0.05) is 18.2 Å². The molecule has 1 saturated heterocycles. The fourth-order valence-electron chi connectivity index (χ4n) is 2.41. The Balaban J connectivity index is 2.08. The molecule has 23 heavy (non-hydrogen) atoms. The minimum absolute atomic E-state index is 0.148. The maximum Gasteiger partial charge on any atom is 0.237 e. The van der Waals surface area contributed by atoms with E-state index in [2.05, 4.69) is 4.90 Å². The molecule has 0 spiro atoms. The highest BCUT2D eigenvalue weighted by Gasteiger charge is 2.26. The average molecular weight is 343 g/mol. The molecule has 0 N–H and O–H groups in total. The molecule has 0 aliphatic carbocycles. The number of carbonyl (C=O) groups is 1. The van der Waals surface area contributed by atoms with Gasteiger partial charge < -0.3 is 9.80 Å². The van der Waals surface area contributed by atoms with Gasteiger partial charge in [-0.15, -0.1) is 0 Å². The fraction of sp³-hybridized carbons (Fsp3) is 0.533. The first-order chi connectivity index (χ1) is 10.8. The first-order valence-electron chi connectivity index (χ1n) is 7.42. The summed E-state index contributed by atoms with van der Waals surface area (Å²) in [6, 6.07) is 5.98. The molecule has 1 aliphatic rings. The topological polar surface area (TPSA) is 60.9 Å². The normalized spacial score (nSPS) is 16.8. The molecule has 128 valence electrons. The number of hydrogen-bond acceptors (Lipinski definition) is 4. The van der Waals surface area contributed by atoms with Gasteiger partial charge in [0, 0.05) is 38.3 Å². The van der Waals surface area contributed by atoms with Crippen LogP contribution in [0.4, 0.5) is 4.39 Å². The van der Waals surface area contributed by atoms with Crippen molar-refractivity contribution >= 4 is 15.9 Å². The van der Waals surface area contributed by atoms with E-state index in [0.717, 1.165) is 23.7 Å². The molecule has 2 rings (SSSR count). The zero-order chi connectivity index (χ0) is 17.0. The molecule has 8 heteroatoms. The third-order valence-corrected chi connectivity index (χ3v) is 5.14. The number of amides is 1. The molecule has 0 saturated carbocycles. The first kappa shape index (κ1) is 17.8. The van der Waals surface area contributed by atoms with Crippen LogP contribution in [0.15, 0.2) is 24.3 Å². The van der Waals surface area contributed by atoms with Gasteiger partial charge in [0.2, 0.25) is 15.9 Å². The maximum atomic E-state index is 13.8. The second-order valence-corrected chi connectivity index (χ2v) is 7.79. The van der Waals surface area contributed by atoms with E-state index in [1.165, 1.54) is 12.1 Å². The van der Waals surface area contributed by atoms with Crippen LogP contribution < -0.4 is 0 Å². The molecule has 6 nitrogen and oxygen atoms in total. The van der Waals surface area contributed by atoms with E-state index in [-0.39, 0.29) is 24.6 Å². The lowest BCUT2D eigenvalue weighted by atomic mass is 10.2. The number of nitrogens with zero attached hydrogens (tertiary/aromatic N) is 3. The lowest BCUT2D eigenvalue weighted by molar-refractivity contribution is -0.133. The van der Waals surface area contributed by atoms with Crippen molar-refractivity contribution in [3.63, 3.8) is 0 Å². The van der Waals surface area contributed by atoms with Crippen molar-refractivity contribution in [2.24, 2.45) is 0 Å². The Hall–Kier alpha value is -1.51. The van der Waals surface area contributed by atoms with Crippen molar-refractivity contribution in [1.29, 1.82) is 0 Å². The molecule has 1 aromatic carbocycles. The average Bonchev–Trinajstić information content (AvgIpc) is 2.48. The van der Waals surface area contributed by atoms with E-state index in [1.807, 2.05) is 7.05 Å². The molecular formula is C15H22FN3O3S. The van der Waals surface area contributed by atoms with Crippen molar-refractivity contribution < 1.29 is 17.6 Å². The van der Waals surface area contributed by atoms with Crippen LogP contribution >= 0.6 is 0 Å². The van der Waals surface area contributed by atoms with Crippen LogP contribution in [0.5, 0.6) is 0 Å². The summed E-state index contributed by atoms with van der Waals surface area (Å²) >= 11 is 0. The Morgan fingerprint density at radius 2 is 1.83 bits per heavy atom. The summed E-state index contributed by atoms with van der Waals surface area (Å²) in [5, 5.41) is 0. The van der Waals surface area contributed by atoms with Crippen LogP contribution in [-0.2, 0) is 21.4 Å². The molecule has 0 bridgehead atoms. The van der Waals surface area contributed by atoms with E-state index in [4.69, 9.17) is 0 Å². The molecule has 0 atom stereocenters. The molecule has 1 heterocycles. The highest BCUT2D eigenvalue weighted by Crippen LogP contribution is 2.13. The third kappa shape index (κ3) is 4.98. The van der Waals surface area contributed by atoms with Gasteiger partial charge in [0.1, 0.15) is 5.82 Å². The Kier molecular flexibility index (Phi) is 5.72. The highest BCUT2D eigenvalue weighted by molar-refractivity contribution is 7.88. The zero-order valence-electron chi connectivity index (χ0n) is 13.4. The summed E-state index contributed by atoms with van der Waals surface area (Å²) in [7, 11) is -1.64. The zero-order valence-corrected chi connectivity index (χ0v) is 14.2. The summed E-state index contributed by atoms with van der Waals surface area (Å²) in [5.74, 6) is -0.729. The minimum atomic E-state index is -3.62. The van der Waals surface area contributed by atoms with Crippen LogP contribution in [0, 0.1) is 5.82 Å². The maximum absolute atomic E-state index is 13.8. The van der Waals surface area contributed by atoms with Crippen LogP contribution in [0.1, 0.15) is 5.56 Å². The molecule has 0 radical (unpaired) electrons. The standard InChI is InChI=1S/C15H22FN3O3S/c1-17-7-9-18(10-8-17)15(20)12-19(23(2,21)22)11-13-5-3-4-6-14(13)16/h3-6H,7-12H2,1-2H3. The van der Waals surface area contributed by atoms with Gasteiger partial charge in [-0.3, -0.25) is 4.79 Å². The summed E-state index contributed by atoms with van der Waals surface area (Å²) in [6.07, 6.45) is 1.03. The minimum Gasteiger partial charge on any atom is -0.339 e. The Labute approximate surface area is 136 Å². The van der Waals surface area contributed by atoms with Crippen LogP contribution in [0.3, 0.4) is 0 Å². The monoisotopic (exact) mass is 343 g/mol. The number of sulfonamides is 1. The number of likely N-dealkylation sites (N-methyl/N-ethyl adjacent to an activating group) is 1. The summed E-state index contributed by atoms with van der Waals surface area (Å²) in [5.41, 5.74) is 0.254. The van der Waals surface area contributed by atoms with E-state index >= 15 is 0 Å². The van der Waals surface area contributed by atoms with E-state index < -0.39 is 15.8 Å². The van der Waals surface area contributed by atoms with E-state index in [1.54, 1.807) is 17.0 Å². The molecule has 0 aromatic heterocycles. The highest BCUT2D eigenvalue weighted by atomic mass is 32.2. The number of halogens is 1. The van der Waals surface area contributed by atoms with Crippen molar-refractivity contribution in [2.75, 3.05) is 46.0 Å². The largest absolute Gasteiger partial charge is 0.339 e. The number of hydrogen-bond donors (Lipinski definition) is 0. The molecule has 1 aromatic rings. The molecule has 1 fully saturated rings. The van der Waals surface area contributed by atoms with Gasteiger partial charge in [-0.2, -0.15) is 4.31 Å². The van der Waals surface area contributed by atoms with Crippen LogP contribution in [0.25, 0.3) is 0 Å². The first-order valence-corrected chi connectivity index (χ1v) is 9.27. The number of carbonyl (C=O) groups excluding carboxylic acids is 1. The van der Waals surface area contributed by atoms with Gasteiger partial charge in [0.15, 0.2) is 0 Å². The van der Waals surface area contributed by atoms with E-state index in [0.29, 0.717) is 13.1 Å². The quantitative estimate of drug-likeness (QED) is 0.775. The molecular weight excluding hydrogens is 321 g/mol. The van der Waals surface area contributed by atoms with Crippen molar-refractivity contribution in [3.8, 4) is 0 Å². The van der Waals surface area contributed by atoms with Gasteiger partial charge in [0.25, 0.3) is 0 Å². The third-order valence-electron chi connectivity index (χ3n) is 3.94. The Bertz CT molecular complexity index is 658. The Morgan fingerprint density at radius 3 is 2.39 bits per heavy atom. The molecule has 1 amide bonds. The number of piperazine rings is 1. The van der Waals surface area contributed by atoms with Crippen LogP contribution in [0.2, 0.25) is 0 Å². The molecule has 0 unspecified atom stereocenters. The van der Waals surface area contributed by atoms with Crippen LogP contribution in [-0.4, -0.2) is 74.5 Å². The second-order valence-electron chi connectivity index (χ2n) is 5.81. The summed E-state index contributed by atoms with van der Waals surface area (Å²) in [4.78, 5) is 16.1. The lowest BCUT2D eigenvalue weighted by Crippen LogP contribution is -2.50. The summed E-state index contributed by atoms with van der Waals surface area (Å²) < 4.78 is 38.7. The van der Waals surface area contributed by atoms with Crippen molar-refractivity contribution in [3.05, 3.63) is 35.6 Å². The SMILES string of the molecule is CN1CCN(C(=O)CN(Cc2ccccc2F)S(C)(=O)=O)CC1. The summed E-state index contributed by atoms with van der Waals surface area (Å²) in [6.45, 7) is 2.26. The van der Waals surface area contributed by atoms with Gasteiger partial charge in [-0.05, 0) is 13.1 Å². The lowest BCUT2D eigenvalue weighted by Gasteiger charge is -2.33. The van der Waals surface area contributed by atoms with Gasteiger partial charge >= 0.3 is 0 Å². The molecule has 1 aliphatic heterocycles. The van der Waals surface area contributed by atoms with Crippen molar-refractivity contribution in [1.82, 2.24) is 14.1 Å². The predicted molar refractivity (Wildman–Crippen MR) is 85.7 cm³/mol. The predicted octanol–water partition coefficient (Wildman–Crippen LogP) is 0.361. The fourth-order valence-corrected chi connectivity index (χ4v) is 3.13. The second kappa shape index (κ2) is 7.37. The smallest absolute Gasteiger partial charge is 0.237 e. The van der Waals surface area contributed by atoms with E-state index in [9.17, 15) is 17.6 Å². The number of benzene rings is 1. The Morgan fingerprint density at radius 1 is 1.22 bits per heavy atom. The van der Waals surface area contributed by atoms with Gasteiger partial charge in [0.05, 0.1) is 12.8 Å². The number of rotatable bonds is 5. The van der Waals surface area contributed by atoms with Gasteiger partial charge in [-0.25, -0.2) is 12.8 Å².